The second kappa shape index (κ2) is 10.1. The van der Waals surface area contributed by atoms with Crippen molar-refractivity contribution >= 4 is 16.9 Å². The Bertz CT molecular complexity index is 1330. The van der Waals surface area contributed by atoms with E-state index >= 15 is 0 Å². The molecule has 5 rings (SSSR count). The molecule has 0 unspecified atom stereocenters. The maximum atomic E-state index is 13.7. The smallest absolute Gasteiger partial charge is 0.418 e. The fourth-order valence-corrected chi connectivity index (χ4v) is 4.17. The fourth-order valence-electron chi connectivity index (χ4n) is 4.17. The van der Waals surface area contributed by atoms with Crippen molar-refractivity contribution in [3.05, 3.63) is 59.9 Å². The molecule has 1 fully saturated rings. The van der Waals surface area contributed by atoms with E-state index in [9.17, 15) is 17.6 Å². The number of fused-ring (bicyclic) bond motifs is 1. The molecule has 4 heterocycles. The minimum atomic E-state index is -4.59. The van der Waals surface area contributed by atoms with Crippen LogP contribution in [0.2, 0.25) is 0 Å². The summed E-state index contributed by atoms with van der Waals surface area (Å²) in [5.74, 6) is 0.813. The average molecular weight is 507 g/mol. The molecule has 1 aromatic carbocycles. The lowest BCUT2D eigenvalue weighted by Gasteiger charge is -2.41. The minimum Gasteiger partial charge on any atom is -0.481 e. The van der Waals surface area contributed by atoms with Crippen LogP contribution >= 0.6 is 0 Å². The third-order valence-corrected chi connectivity index (χ3v) is 5.81. The van der Waals surface area contributed by atoms with Gasteiger partial charge in [0.05, 0.1) is 30.6 Å². The molecule has 36 heavy (non-hydrogen) atoms. The van der Waals surface area contributed by atoms with E-state index in [1.165, 1.54) is 19.2 Å². The Kier molecular flexibility index (Phi) is 7.16. The molecule has 12 heteroatoms. The van der Waals surface area contributed by atoms with Gasteiger partial charge in [0, 0.05) is 43.4 Å². The quantitative estimate of drug-likeness (QED) is 0.342. The molecular weight excluding hydrogens is 480 g/mol. The summed E-state index contributed by atoms with van der Waals surface area (Å²) in [5.41, 5.74) is 0.173. The lowest BCUT2D eigenvalue weighted by Crippen LogP contribution is -2.48. The van der Waals surface area contributed by atoms with E-state index in [-0.39, 0.29) is 18.0 Å². The number of hydrogen-bond donors (Lipinski definition) is 0. The number of anilines is 1. The van der Waals surface area contributed by atoms with Crippen LogP contribution in [0, 0.1) is 5.82 Å². The molecule has 0 amide bonds. The van der Waals surface area contributed by atoms with Gasteiger partial charge in [0.25, 0.3) is 0 Å². The van der Waals surface area contributed by atoms with Gasteiger partial charge in [0.15, 0.2) is 5.82 Å². The lowest BCUT2D eigenvalue weighted by atomic mass is 10.1. The standard InChI is InChI=1S/C22H20F4N6O2.C2H6/c1-33-12-19-28-29-21(32(19)14-4-6-20(34-2)27-8-14)30-9-15(10-30)31-11-17(22(24,25)26)16-7-13(23)3-5-18(16)31;1-2/h3-8,11,15H,9-10,12H2,1-2H3;1-2H3. The maximum absolute atomic E-state index is 13.7. The summed E-state index contributed by atoms with van der Waals surface area (Å²) < 4.78 is 68.1. The van der Waals surface area contributed by atoms with Crippen LogP contribution in [0.1, 0.15) is 31.3 Å². The first-order chi connectivity index (χ1) is 17.3. The number of nitrogens with zero attached hydrogens (tertiary/aromatic N) is 6. The molecule has 0 aliphatic carbocycles. The Labute approximate surface area is 205 Å². The normalized spacial score (nSPS) is 13.9. The number of aromatic nitrogens is 5. The van der Waals surface area contributed by atoms with Crippen molar-refractivity contribution in [2.24, 2.45) is 0 Å². The summed E-state index contributed by atoms with van der Waals surface area (Å²) in [6, 6.07) is 6.73. The van der Waals surface area contributed by atoms with Gasteiger partial charge in [-0.3, -0.25) is 4.57 Å². The average Bonchev–Trinajstić information content (AvgIpc) is 3.41. The van der Waals surface area contributed by atoms with Crippen LogP contribution in [0.3, 0.4) is 0 Å². The monoisotopic (exact) mass is 506 g/mol. The molecule has 0 N–H and O–H groups in total. The van der Waals surface area contributed by atoms with Crippen molar-refractivity contribution in [3.63, 3.8) is 0 Å². The summed E-state index contributed by atoms with van der Waals surface area (Å²) in [5, 5.41) is 8.34. The number of benzene rings is 1. The first-order valence-electron chi connectivity index (χ1n) is 11.4. The van der Waals surface area contributed by atoms with E-state index in [1.807, 2.05) is 18.7 Å². The van der Waals surface area contributed by atoms with Crippen LogP contribution in [0.4, 0.5) is 23.5 Å². The topological polar surface area (TPSA) is 70.2 Å². The van der Waals surface area contributed by atoms with Gasteiger partial charge in [0.2, 0.25) is 11.8 Å². The van der Waals surface area contributed by atoms with Crippen LogP contribution in [-0.4, -0.2) is 51.6 Å². The molecule has 0 bridgehead atoms. The second-order valence-corrected chi connectivity index (χ2v) is 7.91. The highest BCUT2D eigenvalue weighted by Gasteiger charge is 2.38. The largest absolute Gasteiger partial charge is 0.481 e. The number of ether oxygens (including phenoxy) is 2. The maximum Gasteiger partial charge on any atom is 0.418 e. The number of halogens is 4. The molecule has 8 nitrogen and oxygen atoms in total. The van der Waals surface area contributed by atoms with E-state index in [4.69, 9.17) is 9.47 Å². The summed E-state index contributed by atoms with van der Waals surface area (Å²) in [4.78, 5) is 6.14. The van der Waals surface area contributed by atoms with E-state index in [1.54, 1.807) is 34.6 Å². The zero-order chi connectivity index (χ0) is 26.0. The molecule has 1 saturated heterocycles. The highest BCUT2D eigenvalue weighted by molar-refractivity contribution is 5.85. The molecule has 4 aromatic rings. The third-order valence-electron chi connectivity index (χ3n) is 5.81. The van der Waals surface area contributed by atoms with Crippen LogP contribution in [0.25, 0.3) is 16.6 Å². The van der Waals surface area contributed by atoms with Crippen LogP contribution in [0.5, 0.6) is 5.88 Å². The number of rotatable bonds is 6. The highest BCUT2D eigenvalue weighted by atomic mass is 19.4. The van der Waals surface area contributed by atoms with Crippen molar-refractivity contribution in [2.75, 3.05) is 32.2 Å². The van der Waals surface area contributed by atoms with E-state index < -0.39 is 17.6 Å². The van der Waals surface area contributed by atoms with Gasteiger partial charge >= 0.3 is 6.18 Å². The zero-order valence-corrected chi connectivity index (χ0v) is 20.3. The molecule has 192 valence electrons. The van der Waals surface area contributed by atoms with Crippen molar-refractivity contribution in [1.82, 2.24) is 24.3 Å². The van der Waals surface area contributed by atoms with Gasteiger partial charge in [-0.2, -0.15) is 13.2 Å². The number of methoxy groups -OCH3 is 2. The van der Waals surface area contributed by atoms with Crippen molar-refractivity contribution in [2.45, 2.75) is 32.7 Å². The first-order valence-corrected chi connectivity index (χ1v) is 11.4. The van der Waals surface area contributed by atoms with Gasteiger partial charge in [0.1, 0.15) is 12.4 Å². The summed E-state index contributed by atoms with van der Waals surface area (Å²) in [6.45, 7) is 5.00. The Morgan fingerprint density at radius 2 is 1.81 bits per heavy atom. The van der Waals surface area contributed by atoms with Gasteiger partial charge in [-0.15, -0.1) is 10.2 Å². The van der Waals surface area contributed by atoms with Crippen LogP contribution in [-0.2, 0) is 17.5 Å². The van der Waals surface area contributed by atoms with Crippen molar-refractivity contribution in [1.29, 1.82) is 0 Å². The highest BCUT2D eigenvalue weighted by Crippen LogP contribution is 2.39. The molecular formula is C24H26F4N6O2. The molecule has 0 saturated carbocycles. The molecule has 1 aliphatic rings. The molecule has 0 atom stereocenters. The van der Waals surface area contributed by atoms with Crippen molar-refractivity contribution in [3.8, 4) is 11.6 Å². The Hall–Kier alpha value is -3.67. The molecule has 0 spiro atoms. The van der Waals surface area contributed by atoms with Crippen LogP contribution in [0.15, 0.2) is 42.7 Å². The fraction of sp³-hybridized carbons (Fsp3) is 0.375. The van der Waals surface area contributed by atoms with E-state index in [2.05, 4.69) is 15.2 Å². The van der Waals surface area contributed by atoms with Gasteiger partial charge in [-0.25, -0.2) is 9.37 Å². The molecule has 0 radical (unpaired) electrons. The number of pyridine rings is 1. The molecule has 3 aromatic heterocycles. The summed E-state index contributed by atoms with van der Waals surface area (Å²) in [7, 11) is 3.06. The van der Waals surface area contributed by atoms with Gasteiger partial charge in [-0.05, 0) is 24.3 Å². The molecule has 1 aliphatic heterocycles. The van der Waals surface area contributed by atoms with Gasteiger partial charge in [-0.1, -0.05) is 13.8 Å². The second-order valence-electron chi connectivity index (χ2n) is 7.91. The van der Waals surface area contributed by atoms with Crippen molar-refractivity contribution < 1.29 is 27.0 Å². The Morgan fingerprint density at radius 3 is 2.42 bits per heavy atom. The van der Waals surface area contributed by atoms with Crippen LogP contribution < -0.4 is 9.64 Å². The zero-order valence-electron chi connectivity index (χ0n) is 20.3. The first kappa shape index (κ1) is 25.4. The van der Waals surface area contributed by atoms with E-state index in [0.29, 0.717) is 41.9 Å². The lowest BCUT2D eigenvalue weighted by molar-refractivity contribution is -0.136. The summed E-state index contributed by atoms with van der Waals surface area (Å²) in [6.07, 6.45) is -1.91. The Morgan fingerprint density at radius 1 is 1.06 bits per heavy atom. The number of alkyl halides is 3. The van der Waals surface area contributed by atoms with Gasteiger partial charge < -0.3 is 18.9 Å². The number of hydrogen-bond acceptors (Lipinski definition) is 6. The summed E-state index contributed by atoms with van der Waals surface area (Å²) >= 11 is 0. The predicted molar refractivity (Wildman–Crippen MR) is 126 cm³/mol. The Balaban J connectivity index is 0.00000148. The minimum absolute atomic E-state index is 0.152. The van der Waals surface area contributed by atoms with E-state index in [0.717, 1.165) is 12.3 Å². The third kappa shape index (κ3) is 4.60. The SMILES string of the molecule is CC.COCc1nnc(N2CC(n3cc(C(F)(F)F)c4cc(F)ccc43)C2)n1-c1ccc(OC)nc1. The predicted octanol–water partition coefficient (Wildman–Crippen LogP) is 5.02.